The van der Waals surface area contributed by atoms with Crippen LogP contribution in [0.25, 0.3) is 0 Å². The molecule has 0 aliphatic carbocycles. The van der Waals surface area contributed by atoms with Gasteiger partial charge in [0.05, 0.1) is 30.3 Å². The van der Waals surface area contributed by atoms with Gasteiger partial charge in [0.15, 0.2) is 14.4 Å². The molecule has 2 heterocycles. The summed E-state index contributed by atoms with van der Waals surface area (Å²) in [7, 11) is -2.41. The average molecular weight is 560 g/mol. The van der Waals surface area contributed by atoms with Gasteiger partial charge >= 0.3 is 18.1 Å². The molecule has 2 unspecified atom stereocenters. The van der Waals surface area contributed by atoms with Crippen LogP contribution in [0, 0.1) is 0 Å². The monoisotopic (exact) mass is 559 g/mol. The number of benzene rings is 1. The third-order valence-electron chi connectivity index (χ3n) is 7.54. The van der Waals surface area contributed by atoms with Gasteiger partial charge in [-0.15, -0.1) is 4.48 Å². The molecule has 1 N–H and O–H groups in total. The van der Waals surface area contributed by atoms with Crippen molar-refractivity contribution >= 4 is 32.3 Å². The molecule has 1 aromatic rings. The number of nitrogens with zero attached hydrogens (tertiary/aromatic N) is 1. The molecular formula is C28H39N2O8Si+. The number of urea groups is 1. The number of ether oxygens (including phenoxy) is 3. The smallest absolute Gasteiger partial charge is 0.435 e. The molecule has 212 valence electrons. The predicted octanol–water partition coefficient (Wildman–Crippen LogP) is 5.03. The Labute approximate surface area is 230 Å². The number of carbonyl (C=O) groups is 4. The zero-order valence-corrected chi connectivity index (χ0v) is 24.7. The quantitative estimate of drug-likeness (QED) is 0.204. The van der Waals surface area contributed by atoms with Crippen LogP contribution in [0.4, 0.5) is 9.59 Å². The fourth-order valence-corrected chi connectivity index (χ4v) is 5.73. The fraction of sp³-hybridized carbons (Fsp3) is 0.500. The van der Waals surface area contributed by atoms with E-state index in [9.17, 15) is 19.2 Å². The number of imide groups is 2. The lowest BCUT2D eigenvalue weighted by atomic mass is 10.1. The van der Waals surface area contributed by atoms with Crippen LogP contribution in [0.2, 0.25) is 18.1 Å². The first-order valence-corrected chi connectivity index (χ1v) is 15.9. The van der Waals surface area contributed by atoms with Crippen molar-refractivity contribution in [2.24, 2.45) is 0 Å². The van der Waals surface area contributed by atoms with Crippen LogP contribution in [0.1, 0.15) is 51.4 Å². The Morgan fingerprint density at radius 2 is 1.87 bits per heavy atom. The number of hydrogen-bond donors (Lipinski definition) is 1. The lowest BCUT2D eigenvalue weighted by Crippen LogP contribution is -2.66. The SMILES string of the molecule is C=CC(OC(=O)OCC)[C@H]1O[C@@H]([N+]2(C(=O)c3ccccc3)C=C(C)C(=O)NC2=O)C[C@@H]1O[Si](C)(C)C(C)(C)C. The van der Waals surface area contributed by atoms with Crippen LogP contribution in [-0.4, -0.2) is 67.9 Å². The molecule has 1 fully saturated rings. The Kier molecular flexibility index (Phi) is 9.01. The molecule has 0 radical (unpaired) electrons. The van der Waals surface area contributed by atoms with Crippen molar-refractivity contribution in [1.82, 2.24) is 5.32 Å². The van der Waals surface area contributed by atoms with E-state index >= 15 is 0 Å². The molecule has 2 aliphatic rings. The summed E-state index contributed by atoms with van der Waals surface area (Å²) < 4.78 is 22.7. The summed E-state index contributed by atoms with van der Waals surface area (Å²) in [6.45, 7) is 17.5. The van der Waals surface area contributed by atoms with Crippen LogP contribution in [0.5, 0.6) is 0 Å². The molecule has 1 saturated heterocycles. The van der Waals surface area contributed by atoms with Gasteiger partial charge in [-0.1, -0.05) is 45.5 Å². The molecule has 39 heavy (non-hydrogen) atoms. The second kappa shape index (κ2) is 11.5. The molecule has 1 aromatic carbocycles. The van der Waals surface area contributed by atoms with Crippen molar-refractivity contribution in [1.29, 1.82) is 0 Å². The third kappa shape index (κ3) is 6.06. The van der Waals surface area contributed by atoms with E-state index in [1.54, 1.807) is 37.3 Å². The Balaban J connectivity index is 2.12. The van der Waals surface area contributed by atoms with E-state index in [2.05, 4.69) is 45.8 Å². The molecule has 4 amide bonds. The van der Waals surface area contributed by atoms with Crippen molar-refractivity contribution in [2.75, 3.05) is 6.61 Å². The number of amides is 4. The molecule has 0 saturated carbocycles. The van der Waals surface area contributed by atoms with Crippen LogP contribution >= 0.6 is 0 Å². The zero-order chi connectivity index (χ0) is 29.2. The standard InChI is InChI=1S/C28H38N2O8Si/c1-9-20(36-27(34)35-10-2)23-21(38-39(7,8)28(4,5)6)16-22(37-23)30(17-18(3)24(31)29-26(30)33)25(32)19-14-12-11-13-15-19/h9,11-15,17,20-23H,1,10,16H2,2-8H3/p+1/t20?,21-,22+,23+,30?/m0/s1. The van der Waals surface area contributed by atoms with Gasteiger partial charge in [-0.25, -0.2) is 19.7 Å². The third-order valence-corrected chi connectivity index (χ3v) is 12.0. The number of nitrogens with one attached hydrogen (secondary N) is 1. The maximum absolute atomic E-state index is 14.0. The predicted molar refractivity (Wildman–Crippen MR) is 146 cm³/mol. The second-order valence-corrected chi connectivity index (χ2v) is 16.0. The van der Waals surface area contributed by atoms with Crippen molar-refractivity contribution in [3.8, 4) is 0 Å². The van der Waals surface area contributed by atoms with Crippen molar-refractivity contribution in [2.45, 2.75) is 83.7 Å². The first-order valence-electron chi connectivity index (χ1n) is 13.0. The normalized spacial score (nSPS) is 26.3. The Morgan fingerprint density at radius 1 is 1.23 bits per heavy atom. The summed E-state index contributed by atoms with van der Waals surface area (Å²) in [5.41, 5.74) is 0.457. The largest absolute Gasteiger partial charge is 0.508 e. The van der Waals surface area contributed by atoms with E-state index < -0.39 is 61.3 Å². The lowest BCUT2D eigenvalue weighted by Gasteiger charge is -2.39. The van der Waals surface area contributed by atoms with E-state index in [1.165, 1.54) is 19.2 Å². The van der Waals surface area contributed by atoms with Crippen LogP contribution in [0.15, 0.2) is 54.8 Å². The minimum atomic E-state index is -2.41. The molecule has 10 nitrogen and oxygen atoms in total. The first-order chi connectivity index (χ1) is 18.2. The minimum Gasteiger partial charge on any atom is -0.435 e. The van der Waals surface area contributed by atoms with Crippen molar-refractivity contribution in [3.05, 3.63) is 60.3 Å². The summed E-state index contributed by atoms with van der Waals surface area (Å²) in [5.74, 6) is -1.16. The van der Waals surface area contributed by atoms with Crippen molar-refractivity contribution < 1.29 is 42.3 Å². The van der Waals surface area contributed by atoms with E-state index in [0.717, 1.165) is 0 Å². The fourth-order valence-electron chi connectivity index (χ4n) is 4.39. The highest BCUT2D eigenvalue weighted by atomic mass is 28.4. The average Bonchev–Trinajstić information content (AvgIpc) is 3.27. The lowest BCUT2D eigenvalue weighted by molar-refractivity contribution is -0.773. The highest BCUT2D eigenvalue weighted by molar-refractivity contribution is 6.74. The van der Waals surface area contributed by atoms with Gasteiger partial charge in [0.2, 0.25) is 6.23 Å². The van der Waals surface area contributed by atoms with E-state index in [1.807, 2.05) is 0 Å². The molecule has 11 heteroatoms. The van der Waals surface area contributed by atoms with Crippen molar-refractivity contribution in [3.63, 3.8) is 0 Å². The van der Waals surface area contributed by atoms with Gasteiger partial charge in [-0.3, -0.25) is 4.79 Å². The van der Waals surface area contributed by atoms with E-state index in [4.69, 9.17) is 18.6 Å². The highest BCUT2D eigenvalue weighted by Gasteiger charge is 2.61. The van der Waals surface area contributed by atoms with Crippen LogP contribution in [-0.2, 0) is 23.4 Å². The van der Waals surface area contributed by atoms with Crippen LogP contribution in [0.3, 0.4) is 0 Å². The topological polar surface area (TPSA) is 117 Å². The first kappa shape index (κ1) is 30.4. The molecular weight excluding hydrogens is 520 g/mol. The number of carbonyl (C=O) groups excluding carboxylic acids is 4. The summed E-state index contributed by atoms with van der Waals surface area (Å²) in [6.07, 6.45) is -1.68. The highest BCUT2D eigenvalue weighted by Crippen LogP contribution is 2.43. The molecule has 0 aromatic heterocycles. The zero-order valence-electron chi connectivity index (χ0n) is 23.7. The number of hydrogen-bond acceptors (Lipinski definition) is 8. The summed E-state index contributed by atoms with van der Waals surface area (Å²) in [6, 6.07) is 7.50. The molecule has 0 spiro atoms. The van der Waals surface area contributed by atoms with Gasteiger partial charge in [-0.05, 0) is 50.2 Å². The Morgan fingerprint density at radius 3 is 2.44 bits per heavy atom. The van der Waals surface area contributed by atoms with E-state index in [-0.39, 0.29) is 29.2 Å². The number of rotatable bonds is 8. The van der Waals surface area contributed by atoms with Gasteiger partial charge in [0.1, 0.15) is 12.3 Å². The van der Waals surface area contributed by atoms with Gasteiger partial charge in [0.25, 0.3) is 5.91 Å². The number of quaternary nitrogens is 1. The van der Waals surface area contributed by atoms with Gasteiger partial charge in [0, 0.05) is 0 Å². The maximum Gasteiger partial charge on any atom is 0.508 e. The van der Waals surface area contributed by atoms with Gasteiger partial charge < -0.3 is 18.6 Å². The minimum absolute atomic E-state index is 0.109. The molecule has 5 atom stereocenters. The van der Waals surface area contributed by atoms with E-state index in [0.29, 0.717) is 0 Å². The molecule has 2 aliphatic heterocycles. The second-order valence-electron chi connectivity index (χ2n) is 11.2. The molecule has 0 bridgehead atoms. The maximum atomic E-state index is 14.0. The summed E-state index contributed by atoms with van der Waals surface area (Å²) >= 11 is 0. The van der Waals surface area contributed by atoms with Crippen LogP contribution < -0.4 is 5.32 Å². The Bertz CT molecular complexity index is 1160. The molecule has 3 rings (SSSR count). The Hall–Kier alpha value is -3.12. The van der Waals surface area contributed by atoms with Gasteiger partial charge in [-0.2, -0.15) is 0 Å². The summed E-state index contributed by atoms with van der Waals surface area (Å²) in [4.78, 5) is 52.2. The summed E-state index contributed by atoms with van der Waals surface area (Å²) in [5, 5.41) is 2.14.